The van der Waals surface area contributed by atoms with Crippen molar-refractivity contribution in [3.63, 3.8) is 0 Å². The minimum Gasteiger partial charge on any atom is -0.358 e. The van der Waals surface area contributed by atoms with Gasteiger partial charge >= 0.3 is 5.82 Å². The zero-order valence-electron chi connectivity index (χ0n) is 16.5. The van der Waals surface area contributed by atoms with Crippen LogP contribution in [0.25, 0.3) is 0 Å². The maximum Gasteiger partial charge on any atom is 0.365 e. The van der Waals surface area contributed by atoms with Crippen LogP contribution < -0.4 is 10.2 Å². The van der Waals surface area contributed by atoms with Crippen LogP contribution >= 0.6 is 0 Å². The SMILES string of the molecule is O=C(NCCCCN1CCN(c2cccc([N+](=O)[O-])n2)CC1)C1CCCCC1. The van der Waals surface area contributed by atoms with Crippen LogP contribution in [0.1, 0.15) is 44.9 Å². The van der Waals surface area contributed by atoms with Gasteiger partial charge in [-0.05, 0) is 48.2 Å². The van der Waals surface area contributed by atoms with E-state index in [0.29, 0.717) is 5.82 Å². The number of aromatic nitrogens is 1. The molecule has 1 N–H and O–H groups in total. The maximum atomic E-state index is 12.1. The first-order valence-corrected chi connectivity index (χ1v) is 10.5. The van der Waals surface area contributed by atoms with E-state index < -0.39 is 4.92 Å². The van der Waals surface area contributed by atoms with Gasteiger partial charge in [-0.25, -0.2) is 0 Å². The molecule has 3 rings (SSSR count). The molecule has 154 valence electrons. The molecule has 8 nitrogen and oxygen atoms in total. The predicted molar refractivity (Wildman–Crippen MR) is 108 cm³/mol. The number of pyridine rings is 1. The van der Waals surface area contributed by atoms with E-state index in [4.69, 9.17) is 0 Å². The Hall–Kier alpha value is -2.22. The van der Waals surface area contributed by atoms with Crippen LogP contribution in [0.4, 0.5) is 11.6 Å². The lowest BCUT2D eigenvalue weighted by Gasteiger charge is -2.34. The molecule has 8 heteroatoms. The third kappa shape index (κ3) is 5.89. The quantitative estimate of drug-likeness (QED) is 0.417. The predicted octanol–water partition coefficient (Wildman–Crippen LogP) is 2.59. The number of nitrogens with zero attached hydrogens (tertiary/aromatic N) is 4. The van der Waals surface area contributed by atoms with Crippen molar-refractivity contribution in [3.05, 3.63) is 28.3 Å². The van der Waals surface area contributed by atoms with E-state index in [9.17, 15) is 14.9 Å². The first-order valence-electron chi connectivity index (χ1n) is 10.5. The largest absolute Gasteiger partial charge is 0.365 e. The molecule has 0 unspecified atom stereocenters. The van der Waals surface area contributed by atoms with Gasteiger partial charge in [0.1, 0.15) is 0 Å². The molecule has 2 aliphatic rings. The highest BCUT2D eigenvalue weighted by molar-refractivity contribution is 5.78. The average Bonchev–Trinajstić information content (AvgIpc) is 2.74. The fraction of sp³-hybridized carbons (Fsp3) is 0.700. The van der Waals surface area contributed by atoms with Gasteiger partial charge in [-0.3, -0.25) is 9.69 Å². The van der Waals surface area contributed by atoms with Crippen LogP contribution in [0, 0.1) is 16.0 Å². The Morgan fingerprint density at radius 2 is 1.89 bits per heavy atom. The number of piperazine rings is 1. The molecule has 1 aliphatic carbocycles. The lowest BCUT2D eigenvalue weighted by molar-refractivity contribution is -0.389. The van der Waals surface area contributed by atoms with Crippen molar-refractivity contribution in [1.29, 1.82) is 0 Å². The molecule has 0 radical (unpaired) electrons. The Balaban J connectivity index is 1.30. The molecule has 0 spiro atoms. The topological polar surface area (TPSA) is 91.6 Å². The van der Waals surface area contributed by atoms with E-state index >= 15 is 0 Å². The molecule has 0 aromatic carbocycles. The Kier molecular flexibility index (Phi) is 7.59. The Morgan fingerprint density at radius 1 is 1.14 bits per heavy atom. The molecule has 28 heavy (non-hydrogen) atoms. The standard InChI is InChI=1S/C20H31N5O3/c26-20(17-7-2-1-3-8-17)21-11-4-5-12-23-13-15-24(16-14-23)18-9-6-10-19(22-18)25(27)28/h6,9-10,17H,1-5,7-8,11-16H2,(H,21,26). The van der Waals surface area contributed by atoms with Gasteiger partial charge in [0.05, 0.1) is 0 Å². The van der Waals surface area contributed by atoms with Crippen LogP contribution in [0.15, 0.2) is 18.2 Å². The van der Waals surface area contributed by atoms with E-state index in [1.165, 1.54) is 25.3 Å². The monoisotopic (exact) mass is 389 g/mol. The Bertz CT molecular complexity index is 655. The van der Waals surface area contributed by atoms with Gasteiger partial charge in [-0.15, -0.1) is 0 Å². The van der Waals surface area contributed by atoms with Crippen molar-refractivity contribution in [3.8, 4) is 0 Å². The van der Waals surface area contributed by atoms with Crippen LogP contribution in [-0.2, 0) is 4.79 Å². The van der Waals surface area contributed by atoms with Crippen LogP contribution in [0.3, 0.4) is 0 Å². The molecular formula is C20H31N5O3. The number of anilines is 1. The van der Waals surface area contributed by atoms with Gasteiger partial charge in [-0.1, -0.05) is 19.3 Å². The molecule has 1 aromatic heterocycles. The number of nitrogens with one attached hydrogen (secondary N) is 1. The first-order chi connectivity index (χ1) is 13.6. The van der Waals surface area contributed by atoms with Gasteiger partial charge in [0.15, 0.2) is 0 Å². The molecule has 1 saturated heterocycles. The highest BCUT2D eigenvalue weighted by Gasteiger charge is 2.22. The third-order valence-corrected chi connectivity index (χ3v) is 5.78. The fourth-order valence-electron chi connectivity index (χ4n) is 4.07. The van der Waals surface area contributed by atoms with Crippen molar-refractivity contribution < 1.29 is 9.72 Å². The van der Waals surface area contributed by atoms with Crippen molar-refractivity contribution in [2.75, 3.05) is 44.2 Å². The van der Waals surface area contributed by atoms with Gasteiger partial charge in [0.2, 0.25) is 11.7 Å². The zero-order chi connectivity index (χ0) is 19.8. The number of unbranched alkanes of at least 4 members (excludes halogenated alkanes) is 1. The number of nitro groups is 1. The molecule has 2 heterocycles. The Labute approximate surface area is 166 Å². The van der Waals surface area contributed by atoms with Crippen LogP contribution in [-0.4, -0.2) is 60.0 Å². The van der Waals surface area contributed by atoms with Gasteiger partial charge < -0.3 is 20.3 Å². The summed E-state index contributed by atoms with van der Waals surface area (Å²) in [6.07, 6.45) is 7.83. The number of carbonyl (C=O) groups excluding carboxylic acids is 1. The molecule has 1 saturated carbocycles. The van der Waals surface area contributed by atoms with E-state index in [1.807, 2.05) is 6.07 Å². The van der Waals surface area contributed by atoms with Gasteiger partial charge in [-0.2, -0.15) is 0 Å². The lowest BCUT2D eigenvalue weighted by Crippen LogP contribution is -2.47. The molecule has 1 amide bonds. The summed E-state index contributed by atoms with van der Waals surface area (Å²) in [5.74, 6) is 1.07. The summed E-state index contributed by atoms with van der Waals surface area (Å²) in [5.41, 5.74) is 0. The van der Waals surface area contributed by atoms with Crippen LogP contribution in [0.5, 0.6) is 0 Å². The van der Waals surface area contributed by atoms with Gasteiger partial charge in [0, 0.05) is 50.8 Å². The van der Waals surface area contributed by atoms with Crippen molar-refractivity contribution >= 4 is 17.5 Å². The van der Waals surface area contributed by atoms with Crippen molar-refractivity contribution in [1.82, 2.24) is 15.2 Å². The molecule has 2 fully saturated rings. The minimum absolute atomic E-state index is 0.102. The van der Waals surface area contributed by atoms with Gasteiger partial charge in [0.25, 0.3) is 0 Å². The van der Waals surface area contributed by atoms with Crippen LogP contribution in [0.2, 0.25) is 0 Å². The highest BCUT2D eigenvalue weighted by Crippen LogP contribution is 2.23. The molecule has 0 bridgehead atoms. The second kappa shape index (κ2) is 10.4. The van der Waals surface area contributed by atoms with E-state index in [-0.39, 0.29) is 17.6 Å². The summed E-state index contributed by atoms with van der Waals surface area (Å²) in [4.78, 5) is 31.2. The minimum atomic E-state index is -0.452. The molecule has 1 aromatic rings. The number of amides is 1. The molecule has 1 aliphatic heterocycles. The summed E-state index contributed by atoms with van der Waals surface area (Å²) in [6, 6.07) is 4.94. The third-order valence-electron chi connectivity index (χ3n) is 5.78. The maximum absolute atomic E-state index is 12.1. The summed E-state index contributed by atoms with van der Waals surface area (Å²) in [7, 11) is 0. The summed E-state index contributed by atoms with van der Waals surface area (Å²) >= 11 is 0. The first kappa shape index (κ1) is 20.5. The average molecular weight is 390 g/mol. The highest BCUT2D eigenvalue weighted by atomic mass is 16.6. The second-order valence-electron chi connectivity index (χ2n) is 7.77. The zero-order valence-corrected chi connectivity index (χ0v) is 16.5. The molecular weight excluding hydrogens is 358 g/mol. The smallest absolute Gasteiger partial charge is 0.358 e. The summed E-state index contributed by atoms with van der Waals surface area (Å²) in [6.45, 7) is 5.30. The fourth-order valence-corrected chi connectivity index (χ4v) is 4.07. The number of hydrogen-bond acceptors (Lipinski definition) is 6. The van der Waals surface area contributed by atoms with E-state index in [1.54, 1.807) is 6.07 Å². The van der Waals surface area contributed by atoms with E-state index in [2.05, 4.69) is 20.1 Å². The van der Waals surface area contributed by atoms with Crippen molar-refractivity contribution in [2.45, 2.75) is 44.9 Å². The second-order valence-corrected chi connectivity index (χ2v) is 7.77. The summed E-state index contributed by atoms with van der Waals surface area (Å²) in [5, 5.41) is 14.0. The number of hydrogen-bond donors (Lipinski definition) is 1. The van der Waals surface area contributed by atoms with E-state index in [0.717, 1.165) is 65.0 Å². The Morgan fingerprint density at radius 3 is 2.61 bits per heavy atom. The van der Waals surface area contributed by atoms with Crippen molar-refractivity contribution in [2.24, 2.45) is 5.92 Å². The lowest BCUT2D eigenvalue weighted by atomic mass is 9.89. The normalized spacial score (nSPS) is 18.8. The number of carbonyl (C=O) groups is 1. The number of rotatable bonds is 8. The molecule has 0 atom stereocenters. The summed E-state index contributed by atoms with van der Waals surface area (Å²) < 4.78 is 0.